The largest absolute Gasteiger partial charge is 0.317 e. The van der Waals surface area contributed by atoms with Crippen LogP contribution >= 0.6 is 0 Å². The normalized spacial score (nSPS) is 31.5. The molecule has 2 atom stereocenters. The lowest BCUT2D eigenvalue weighted by atomic mass is 9.75. The molecule has 1 spiro atoms. The Labute approximate surface area is 116 Å². The zero-order valence-corrected chi connectivity index (χ0v) is 12.7. The predicted molar refractivity (Wildman–Crippen MR) is 73.5 cm³/mol. The molecule has 1 saturated carbocycles. The van der Waals surface area contributed by atoms with Crippen LogP contribution in [0.1, 0.15) is 46.5 Å². The number of nitrogens with one attached hydrogen (secondary N) is 2. The molecular formula is C13H24F2N2OS. The summed E-state index contributed by atoms with van der Waals surface area (Å²) in [6.07, 6.45) is 1.22. The lowest BCUT2D eigenvalue weighted by Crippen LogP contribution is -2.50. The first-order valence-electron chi connectivity index (χ1n) is 6.91. The Bertz CT molecular complexity index is 362. The molecule has 1 aliphatic carbocycles. The van der Waals surface area contributed by atoms with Crippen molar-refractivity contribution in [2.45, 2.75) is 63.2 Å². The van der Waals surface area contributed by atoms with Crippen LogP contribution in [0, 0.1) is 5.41 Å². The predicted octanol–water partition coefficient (Wildman–Crippen LogP) is 2.21. The summed E-state index contributed by atoms with van der Waals surface area (Å²) in [5, 5.41) is 3.22. The van der Waals surface area contributed by atoms with Crippen LogP contribution in [0.4, 0.5) is 8.78 Å². The molecule has 0 amide bonds. The fraction of sp³-hybridized carbons (Fsp3) is 1.00. The summed E-state index contributed by atoms with van der Waals surface area (Å²) < 4.78 is 42.4. The number of rotatable bonds is 2. The zero-order valence-electron chi connectivity index (χ0n) is 11.9. The zero-order chi connectivity index (χ0) is 14.3. The van der Waals surface area contributed by atoms with Gasteiger partial charge in [-0.25, -0.2) is 17.7 Å². The Hall–Kier alpha value is -0.0700. The molecular weight excluding hydrogens is 270 g/mol. The lowest BCUT2D eigenvalue weighted by molar-refractivity contribution is -0.00757. The SMILES string of the molecule is CC(C)(C)[S@@](=O)N[C@@H]1CC(F)(F)CC12CCNCC2. The highest BCUT2D eigenvalue weighted by Gasteiger charge is 2.56. The van der Waals surface area contributed by atoms with Crippen LogP contribution in [0.15, 0.2) is 0 Å². The van der Waals surface area contributed by atoms with Crippen molar-refractivity contribution in [1.82, 2.24) is 10.0 Å². The highest BCUT2D eigenvalue weighted by molar-refractivity contribution is 7.84. The van der Waals surface area contributed by atoms with Gasteiger partial charge in [-0.2, -0.15) is 0 Å². The maximum atomic E-state index is 13.8. The van der Waals surface area contributed by atoms with Gasteiger partial charge in [0.25, 0.3) is 0 Å². The van der Waals surface area contributed by atoms with Crippen LogP contribution in [0.2, 0.25) is 0 Å². The molecule has 0 unspecified atom stereocenters. The average Bonchev–Trinajstić information content (AvgIpc) is 2.49. The summed E-state index contributed by atoms with van der Waals surface area (Å²) in [5.74, 6) is -2.63. The second-order valence-electron chi connectivity index (χ2n) is 6.90. The van der Waals surface area contributed by atoms with E-state index in [0.717, 1.165) is 25.9 Å². The Kier molecular flexibility index (Phi) is 4.06. The van der Waals surface area contributed by atoms with Crippen molar-refractivity contribution in [3.8, 4) is 0 Å². The molecule has 1 saturated heterocycles. The van der Waals surface area contributed by atoms with Crippen molar-refractivity contribution in [3.63, 3.8) is 0 Å². The van der Waals surface area contributed by atoms with Gasteiger partial charge in [0, 0.05) is 18.9 Å². The van der Waals surface area contributed by atoms with Crippen LogP contribution in [0.5, 0.6) is 0 Å². The summed E-state index contributed by atoms with van der Waals surface area (Å²) in [4.78, 5) is 0. The Morgan fingerprint density at radius 1 is 1.26 bits per heavy atom. The van der Waals surface area contributed by atoms with Gasteiger partial charge in [0.1, 0.15) is 0 Å². The monoisotopic (exact) mass is 294 g/mol. The van der Waals surface area contributed by atoms with E-state index in [1.807, 2.05) is 20.8 Å². The van der Waals surface area contributed by atoms with Crippen molar-refractivity contribution >= 4 is 11.0 Å². The second kappa shape index (κ2) is 5.04. The Morgan fingerprint density at radius 3 is 2.37 bits per heavy atom. The smallest absolute Gasteiger partial charge is 0.250 e. The first-order chi connectivity index (χ1) is 8.65. The minimum atomic E-state index is -2.63. The van der Waals surface area contributed by atoms with Crippen molar-refractivity contribution < 1.29 is 13.0 Å². The molecule has 2 aliphatic rings. The van der Waals surface area contributed by atoms with Gasteiger partial charge in [0.15, 0.2) is 0 Å². The van der Waals surface area contributed by atoms with Crippen molar-refractivity contribution in [3.05, 3.63) is 0 Å². The lowest BCUT2D eigenvalue weighted by Gasteiger charge is -2.39. The minimum absolute atomic E-state index is 0.0688. The molecule has 2 rings (SSSR count). The van der Waals surface area contributed by atoms with E-state index in [0.29, 0.717) is 0 Å². The molecule has 0 radical (unpaired) electrons. The van der Waals surface area contributed by atoms with Gasteiger partial charge in [0.05, 0.1) is 15.7 Å². The summed E-state index contributed by atoms with van der Waals surface area (Å²) in [6, 6.07) is -0.343. The first kappa shape index (κ1) is 15.3. The van der Waals surface area contributed by atoms with E-state index in [1.165, 1.54) is 0 Å². The van der Waals surface area contributed by atoms with Gasteiger partial charge in [-0.1, -0.05) is 0 Å². The summed E-state index contributed by atoms with van der Waals surface area (Å²) in [7, 11) is -1.29. The average molecular weight is 294 g/mol. The number of alkyl halides is 2. The van der Waals surface area contributed by atoms with Crippen molar-refractivity contribution in [2.75, 3.05) is 13.1 Å². The van der Waals surface area contributed by atoms with E-state index in [1.54, 1.807) is 0 Å². The molecule has 0 aromatic carbocycles. The van der Waals surface area contributed by atoms with Crippen molar-refractivity contribution in [2.24, 2.45) is 5.41 Å². The van der Waals surface area contributed by atoms with Gasteiger partial charge >= 0.3 is 0 Å². The fourth-order valence-electron chi connectivity index (χ4n) is 3.15. The third kappa shape index (κ3) is 3.34. The molecule has 1 aliphatic heterocycles. The van der Waals surface area contributed by atoms with Gasteiger partial charge in [-0.05, 0) is 52.1 Å². The summed E-state index contributed by atoms with van der Waals surface area (Å²) >= 11 is 0. The van der Waals surface area contributed by atoms with Crippen molar-refractivity contribution in [1.29, 1.82) is 0 Å². The van der Waals surface area contributed by atoms with Gasteiger partial charge < -0.3 is 5.32 Å². The molecule has 2 fully saturated rings. The molecule has 0 aromatic heterocycles. The van der Waals surface area contributed by atoms with Crippen LogP contribution < -0.4 is 10.0 Å². The number of hydrogen-bond acceptors (Lipinski definition) is 2. The van der Waals surface area contributed by atoms with E-state index < -0.39 is 27.1 Å². The molecule has 19 heavy (non-hydrogen) atoms. The van der Waals surface area contributed by atoms with Crippen LogP contribution in [-0.2, 0) is 11.0 Å². The van der Waals surface area contributed by atoms with Crippen LogP contribution in [0.3, 0.4) is 0 Å². The van der Waals surface area contributed by atoms with E-state index in [9.17, 15) is 13.0 Å². The summed E-state index contributed by atoms with van der Waals surface area (Å²) in [5.41, 5.74) is -0.393. The highest BCUT2D eigenvalue weighted by atomic mass is 32.2. The third-order valence-corrected chi connectivity index (χ3v) is 5.87. The molecule has 2 N–H and O–H groups in total. The quantitative estimate of drug-likeness (QED) is 0.820. The third-order valence-electron chi connectivity index (χ3n) is 4.26. The molecule has 0 aromatic rings. The number of piperidine rings is 1. The second-order valence-corrected chi connectivity index (χ2v) is 8.90. The van der Waals surface area contributed by atoms with E-state index in [4.69, 9.17) is 0 Å². The van der Waals surface area contributed by atoms with Gasteiger partial charge in [0.2, 0.25) is 5.92 Å². The fourth-order valence-corrected chi connectivity index (χ4v) is 4.09. The highest BCUT2D eigenvalue weighted by Crippen LogP contribution is 2.52. The molecule has 1 heterocycles. The van der Waals surface area contributed by atoms with E-state index in [2.05, 4.69) is 10.0 Å². The first-order valence-corrected chi connectivity index (χ1v) is 8.06. The standard InChI is InChI=1S/C13H24F2N2OS/c1-11(2,3)19(18)17-10-8-13(14,15)9-12(10)4-6-16-7-5-12/h10,16-17H,4-9H2,1-3H3/t10-,19-/m1/s1. The molecule has 6 heteroatoms. The van der Waals surface area contributed by atoms with Gasteiger partial charge in [-0.3, -0.25) is 0 Å². The molecule has 0 bridgehead atoms. The Morgan fingerprint density at radius 2 is 1.84 bits per heavy atom. The Balaban J connectivity index is 2.14. The maximum absolute atomic E-state index is 13.8. The number of hydrogen-bond donors (Lipinski definition) is 2. The maximum Gasteiger partial charge on any atom is 0.250 e. The van der Waals surface area contributed by atoms with E-state index in [-0.39, 0.29) is 18.9 Å². The number of halogens is 2. The minimum Gasteiger partial charge on any atom is -0.317 e. The van der Waals surface area contributed by atoms with E-state index >= 15 is 0 Å². The topological polar surface area (TPSA) is 41.1 Å². The summed E-state index contributed by atoms with van der Waals surface area (Å²) in [6.45, 7) is 7.13. The van der Waals surface area contributed by atoms with Gasteiger partial charge in [-0.15, -0.1) is 0 Å². The van der Waals surface area contributed by atoms with Crippen LogP contribution in [0.25, 0.3) is 0 Å². The molecule has 3 nitrogen and oxygen atoms in total. The molecule has 112 valence electrons. The van der Waals surface area contributed by atoms with Crippen LogP contribution in [-0.4, -0.2) is 34.0 Å².